The number of esters is 1. The number of rotatable bonds is 7. The summed E-state index contributed by atoms with van der Waals surface area (Å²) >= 11 is 0. The van der Waals surface area contributed by atoms with Crippen LogP contribution >= 0.6 is 0 Å². The SMILES string of the molecule is COC(=O)/C=C/c1ccc(C(O)C(O)CCNC(C)=O)cc1. The molecule has 0 aliphatic carbocycles. The monoisotopic (exact) mass is 307 g/mol. The molecule has 0 fully saturated rings. The van der Waals surface area contributed by atoms with Crippen LogP contribution in [0.25, 0.3) is 6.08 Å². The number of ether oxygens (including phenoxy) is 1. The Kier molecular flexibility index (Phi) is 7.28. The molecule has 120 valence electrons. The minimum absolute atomic E-state index is 0.177. The van der Waals surface area contributed by atoms with Crippen LogP contribution in [0, 0.1) is 0 Å². The van der Waals surface area contributed by atoms with Crippen LogP contribution in [0.4, 0.5) is 0 Å². The van der Waals surface area contributed by atoms with Crippen molar-refractivity contribution >= 4 is 18.0 Å². The molecule has 1 amide bonds. The van der Waals surface area contributed by atoms with Gasteiger partial charge >= 0.3 is 5.97 Å². The molecular weight excluding hydrogens is 286 g/mol. The molecule has 0 saturated heterocycles. The summed E-state index contributed by atoms with van der Waals surface area (Å²) in [7, 11) is 1.30. The summed E-state index contributed by atoms with van der Waals surface area (Å²) in [6.45, 7) is 1.69. The van der Waals surface area contributed by atoms with Gasteiger partial charge in [0.25, 0.3) is 0 Å². The molecule has 0 spiro atoms. The highest BCUT2D eigenvalue weighted by Crippen LogP contribution is 2.19. The van der Waals surface area contributed by atoms with Crippen LogP contribution in [-0.4, -0.2) is 41.8 Å². The topological polar surface area (TPSA) is 95.9 Å². The van der Waals surface area contributed by atoms with E-state index in [2.05, 4.69) is 10.1 Å². The van der Waals surface area contributed by atoms with Gasteiger partial charge in [-0.15, -0.1) is 0 Å². The number of benzene rings is 1. The summed E-state index contributed by atoms with van der Waals surface area (Å²) in [6.07, 6.45) is 1.14. The number of methoxy groups -OCH3 is 1. The van der Waals surface area contributed by atoms with Crippen molar-refractivity contribution in [1.29, 1.82) is 0 Å². The zero-order valence-corrected chi connectivity index (χ0v) is 12.7. The number of carbonyl (C=O) groups excluding carboxylic acids is 2. The Hall–Kier alpha value is -2.18. The number of carbonyl (C=O) groups is 2. The van der Waals surface area contributed by atoms with E-state index < -0.39 is 18.2 Å². The molecule has 0 heterocycles. The van der Waals surface area contributed by atoms with Crippen molar-refractivity contribution in [2.75, 3.05) is 13.7 Å². The molecule has 1 rings (SSSR count). The highest BCUT2D eigenvalue weighted by molar-refractivity contribution is 5.86. The van der Waals surface area contributed by atoms with Gasteiger partial charge in [0.2, 0.25) is 5.91 Å². The number of amides is 1. The lowest BCUT2D eigenvalue weighted by Crippen LogP contribution is -2.27. The summed E-state index contributed by atoms with van der Waals surface area (Å²) in [5, 5.41) is 22.5. The van der Waals surface area contributed by atoms with Crippen molar-refractivity contribution < 1.29 is 24.5 Å². The molecule has 2 atom stereocenters. The first-order valence-corrected chi connectivity index (χ1v) is 6.90. The minimum Gasteiger partial charge on any atom is -0.466 e. The van der Waals surface area contributed by atoms with E-state index in [0.29, 0.717) is 12.1 Å². The normalized spacial score (nSPS) is 13.6. The Balaban J connectivity index is 2.59. The summed E-state index contributed by atoms with van der Waals surface area (Å²) in [6, 6.07) is 6.78. The van der Waals surface area contributed by atoms with Crippen LogP contribution in [0.5, 0.6) is 0 Å². The second-order valence-corrected chi connectivity index (χ2v) is 4.81. The van der Waals surface area contributed by atoms with E-state index in [9.17, 15) is 19.8 Å². The van der Waals surface area contributed by atoms with Gasteiger partial charge < -0.3 is 20.3 Å². The minimum atomic E-state index is -1.03. The Morgan fingerprint density at radius 3 is 2.45 bits per heavy atom. The molecule has 0 aromatic heterocycles. The summed E-state index contributed by atoms with van der Waals surface area (Å²) < 4.78 is 4.49. The standard InChI is InChI=1S/C16H21NO5/c1-11(18)17-10-9-14(19)16(21)13-6-3-12(4-7-13)5-8-15(20)22-2/h3-8,14,16,19,21H,9-10H2,1-2H3,(H,17,18)/b8-5+. The first-order valence-electron chi connectivity index (χ1n) is 6.90. The predicted octanol–water partition coefficient (Wildman–Crippen LogP) is 0.793. The molecule has 0 bridgehead atoms. The molecule has 0 aliphatic heterocycles. The molecule has 3 N–H and O–H groups in total. The van der Waals surface area contributed by atoms with Crippen molar-refractivity contribution in [2.45, 2.75) is 25.6 Å². The van der Waals surface area contributed by atoms with Crippen molar-refractivity contribution in [3.8, 4) is 0 Å². The quantitative estimate of drug-likeness (QED) is 0.511. The van der Waals surface area contributed by atoms with Gasteiger partial charge in [-0.1, -0.05) is 24.3 Å². The highest BCUT2D eigenvalue weighted by atomic mass is 16.5. The molecule has 22 heavy (non-hydrogen) atoms. The van der Waals surface area contributed by atoms with Crippen molar-refractivity contribution in [2.24, 2.45) is 0 Å². The van der Waals surface area contributed by atoms with Gasteiger partial charge in [-0.2, -0.15) is 0 Å². The van der Waals surface area contributed by atoms with Gasteiger partial charge in [0.05, 0.1) is 13.2 Å². The van der Waals surface area contributed by atoms with Crippen LogP contribution in [0.3, 0.4) is 0 Å². The lowest BCUT2D eigenvalue weighted by Gasteiger charge is -2.18. The molecule has 6 heteroatoms. The van der Waals surface area contributed by atoms with E-state index in [0.717, 1.165) is 5.56 Å². The van der Waals surface area contributed by atoms with Crippen molar-refractivity contribution in [3.63, 3.8) is 0 Å². The molecule has 0 aliphatic rings. The largest absolute Gasteiger partial charge is 0.466 e. The van der Waals surface area contributed by atoms with Crippen LogP contribution in [0.1, 0.15) is 30.6 Å². The van der Waals surface area contributed by atoms with Crippen LogP contribution < -0.4 is 5.32 Å². The number of hydrogen-bond acceptors (Lipinski definition) is 5. The Morgan fingerprint density at radius 2 is 1.91 bits per heavy atom. The van der Waals surface area contributed by atoms with E-state index in [1.165, 1.54) is 20.1 Å². The third kappa shape index (κ3) is 6.07. The lowest BCUT2D eigenvalue weighted by molar-refractivity contribution is -0.134. The first-order chi connectivity index (χ1) is 10.4. The third-order valence-electron chi connectivity index (χ3n) is 3.07. The zero-order valence-electron chi connectivity index (χ0n) is 12.7. The Labute approximate surface area is 129 Å². The summed E-state index contributed by atoms with van der Waals surface area (Å²) in [4.78, 5) is 21.7. The first kappa shape index (κ1) is 17.9. The average molecular weight is 307 g/mol. The fraction of sp³-hybridized carbons (Fsp3) is 0.375. The van der Waals surface area contributed by atoms with Gasteiger partial charge in [-0.05, 0) is 23.6 Å². The molecule has 6 nitrogen and oxygen atoms in total. The van der Waals surface area contributed by atoms with E-state index in [4.69, 9.17) is 0 Å². The Morgan fingerprint density at radius 1 is 1.27 bits per heavy atom. The fourth-order valence-electron chi connectivity index (χ4n) is 1.81. The second kappa shape index (κ2) is 8.96. The van der Waals surface area contributed by atoms with Crippen LogP contribution in [0.15, 0.2) is 30.3 Å². The number of aliphatic hydroxyl groups is 2. The van der Waals surface area contributed by atoms with E-state index in [1.807, 2.05) is 0 Å². The maximum Gasteiger partial charge on any atom is 0.330 e. The van der Waals surface area contributed by atoms with Crippen molar-refractivity contribution in [3.05, 3.63) is 41.5 Å². The second-order valence-electron chi connectivity index (χ2n) is 4.81. The smallest absolute Gasteiger partial charge is 0.330 e. The molecule has 1 aromatic rings. The summed E-state index contributed by atoms with van der Waals surface area (Å²) in [5.41, 5.74) is 1.33. The highest BCUT2D eigenvalue weighted by Gasteiger charge is 2.17. The maximum absolute atomic E-state index is 11.0. The number of hydrogen-bond donors (Lipinski definition) is 3. The summed E-state index contributed by atoms with van der Waals surface area (Å²) in [5.74, 6) is -0.624. The molecular formula is C16H21NO5. The Bertz CT molecular complexity index is 524. The number of aliphatic hydroxyl groups excluding tert-OH is 2. The molecule has 0 radical (unpaired) electrons. The van der Waals surface area contributed by atoms with Crippen molar-refractivity contribution in [1.82, 2.24) is 5.32 Å². The van der Waals surface area contributed by atoms with E-state index >= 15 is 0 Å². The van der Waals surface area contributed by atoms with Gasteiger partial charge in [-0.25, -0.2) is 4.79 Å². The predicted molar refractivity (Wildman–Crippen MR) is 81.8 cm³/mol. The van der Waals surface area contributed by atoms with E-state index in [-0.39, 0.29) is 12.3 Å². The average Bonchev–Trinajstić information content (AvgIpc) is 2.51. The lowest BCUT2D eigenvalue weighted by atomic mass is 10.0. The molecule has 1 aromatic carbocycles. The van der Waals surface area contributed by atoms with Gasteiger partial charge in [-0.3, -0.25) is 4.79 Å². The van der Waals surface area contributed by atoms with Crippen LogP contribution in [0.2, 0.25) is 0 Å². The fourth-order valence-corrected chi connectivity index (χ4v) is 1.81. The third-order valence-corrected chi connectivity index (χ3v) is 3.07. The molecule has 0 saturated carbocycles. The van der Waals surface area contributed by atoms with Gasteiger partial charge in [0.1, 0.15) is 6.10 Å². The van der Waals surface area contributed by atoms with Gasteiger partial charge in [0, 0.05) is 19.5 Å². The van der Waals surface area contributed by atoms with E-state index in [1.54, 1.807) is 30.3 Å². The molecule has 2 unspecified atom stereocenters. The zero-order chi connectivity index (χ0) is 16.5. The van der Waals surface area contributed by atoms with Crippen LogP contribution in [-0.2, 0) is 14.3 Å². The number of nitrogens with one attached hydrogen (secondary N) is 1. The van der Waals surface area contributed by atoms with Gasteiger partial charge in [0.15, 0.2) is 0 Å². The maximum atomic E-state index is 11.0.